The average molecular weight is 238 g/mol. The second kappa shape index (κ2) is 5.55. The van der Waals surface area contributed by atoms with Gasteiger partial charge >= 0.3 is 0 Å². The Hall–Kier alpha value is -0.740. The molecule has 0 bridgehead atoms. The predicted molar refractivity (Wildman–Crippen MR) is 65.8 cm³/mol. The van der Waals surface area contributed by atoms with E-state index in [4.69, 9.17) is 0 Å². The fourth-order valence-electron chi connectivity index (χ4n) is 1.94. The van der Waals surface area contributed by atoms with Crippen LogP contribution in [0, 0.1) is 12.8 Å². The molecule has 0 spiro atoms. The van der Waals surface area contributed by atoms with Gasteiger partial charge in [0.25, 0.3) is 0 Å². The molecule has 3 nitrogen and oxygen atoms in total. The molecule has 2 rings (SSSR count). The molecule has 1 unspecified atom stereocenters. The van der Waals surface area contributed by atoms with Gasteiger partial charge in [0.05, 0.1) is 10.8 Å². The molecule has 1 saturated heterocycles. The molecule has 1 aliphatic rings. The summed E-state index contributed by atoms with van der Waals surface area (Å²) < 4.78 is 12.1. The van der Waals surface area contributed by atoms with Gasteiger partial charge in [-0.15, -0.1) is 0 Å². The molecule has 0 aromatic carbocycles. The molecule has 4 heteroatoms. The molecule has 0 saturated carbocycles. The van der Waals surface area contributed by atoms with Crippen molar-refractivity contribution < 1.29 is 4.21 Å². The fraction of sp³-hybridized carbons (Fsp3) is 0.583. The third kappa shape index (κ3) is 3.12. The van der Waals surface area contributed by atoms with E-state index in [-0.39, 0.29) is 0 Å². The van der Waals surface area contributed by atoms with E-state index in [9.17, 15) is 4.21 Å². The lowest BCUT2D eigenvalue weighted by atomic mass is 10.0. The van der Waals surface area contributed by atoms with Gasteiger partial charge in [0.2, 0.25) is 0 Å². The maximum absolute atomic E-state index is 12.1. The van der Waals surface area contributed by atoms with E-state index < -0.39 is 10.8 Å². The first-order valence-corrected chi connectivity index (χ1v) is 7.09. The van der Waals surface area contributed by atoms with Crippen molar-refractivity contribution in [3.8, 4) is 0 Å². The molecule has 1 atom stereocenters. The normalized spacial score (nSPS) is 19.6. The van der Waals surface area contributed by atoms with Crippen molar-refractivity contribution in [1.82, 2.24) is 10.3 Å². The molecule has 1 aromatic rings. The minimum absolute atomic E-state index is 0.588. The highest BCUT2D eigenvalue weighted by atomic mass is 32.2. The Morgan fingerprint density at radius 1 is 1.44 bits per heavy atom. The van der Waals surface area contributed by atoms with Crippen LogP contribution in [-0.2, 0) is 10.8 Å². The highest BCUT2D eigenvalue weighted by molar-refractivity contribution is 7.84. The number of aryl methyl sites for hydroxylation is 1. The molecular formula is C12H18N2OS. The molecule has 0 aliphatic carbocycles. The van der Waals surface area contributed by atoms with E-state index in [1.807, 2.05) is 19.1 Å². The van der Waals surface area contributed by atoms with Gasteiger partial charge in [-0.05, 0) is 50.4 Å². The molecule has 0 radical (unpaired) electrons. The molecule has 16 heavy (non-hydrogen) atoms. The zero-order chi connectivity index (χ0) is 11.4. The number of hydrogen-bond acceptors (Lipinski definition) is 3. The summed E-state index contributed by atoms with van der Waals surface area (Å²) in [4.78, 5) is 4.23. The maximum Gasteiger partial charge on any atom is 0.127 e. The summed E-state index contributed by atoms with van der Waals surface area (Å²) >= 11 is 0. The number of nitrogens with zero attached hydrogens (tertiary/aromatic N) is 1. The van der Waals surface area contributed by atoms with Crippen LogP contribution >= 0.6 is 0 Å². The van der Waals surface area contributed by atoms with Crippen LogP contribution in [0.15, 0.2) is 23.4 Å². The predicted octanol–water partition coefficient (Wildman–Crippen LogP) is 1.50. The Morgan fingerprint density at radius 2 is 2.19 bits per heavy atom. The highest BCUT2D eigenvalue weighted by Crippen LogP contribution is 2.16. The second-order valence-corrected chi connectivity index (χ2v) is 5.82. The monoisotopic (exact) mass is 238 g/mol. The number of pyridine rings is 1. The van der Waals surface area contributed by atoms with Crippen molar-refractivity contribution in [2.45, 2.75) is 24.8 Å². The number of rotatable bonds is 3. The van der Waals surface area contributed by atoms with Crippen LogP contribution in [0.25, 0.3) is 0 Å². The Labute approximate surface area is 99.1 Å². The Bertz CT molecular complexity index is 358. The van der Waals surface area contributed by atoms with Gasteiger partial charge in [0, 0.05) is 11.9 Å². The first-order valence-electron chi connectivity index (χ1n) is 5.77. The third-order valence-corrected chi connectivity index (χ3v) is 4.45. The molecule has 1 aliphatic heterocycles. The first-order chi connectivity index (χ1) is 7.75. The topological polar surface area (TPSA) is 42.0 Å². The van der Waals surface area contributed by atoms with Gasteiger partial charge < -0.3 is 5.32 Å². The van der Waals surface area contributed by atoms with E-state index in [0.29, 0.717) is 5.92 Å². The fourth-order valence-corrected chi connectivity index (χ4v) is 3.26. The zero-order valence-corrected chi connectivity index (χ0v) is 10.4. The van der Waals surface area contributed by atoms with E-state index in [1.165, 1.54) is 0 Å². The summed E-state index contributed by atoms with van der Waals surface area (Å²) in [7, 11) is -0.928. The van der Waals surface area contributed by atoms with Gasteiger partial charge in [-0.25, -0.2) is 4.98 Å². The van der Waals surface area contributed by atoms with Crippen molar-refractivity contribution in [3.63, 3.8) is 0 Å². The summed E-state index contributed by atoms with van der Waals surface area (Å²) in [6.45, 7) is 4.11. The lowest BCUT2D eigenvalue weighted by molar-refractivity contribution is 0.405. The summed E-state index contributed by atoms with van der Waals surface area (Å²) in [6, 6.07) is 3.86. The van der Waals surface area contributed by atoms with Gasteiger partial charge in [-0.2, -0.15) is 0 Å². The number of hydrogen-bond donors (Lipinski definition) is 1. The van der Waals surface area contributed by atoms with E-state index in [1.54, 1.807) is 6.20 Å². The molecule has 1 N–H and O–H groups in total. The Kier molecular flexibility index (Phi) is 4.07. The standard InChI is InChI=1S/C12H18N2OS/c1-10-2-3-12(14-8-10)16(15)9-11-4-6-13-7-5-11/h2-3,8,11,13H,4-7,9H2,1H3. The van der Waals surface area contributed by atoms with Crippen LogP contribution in [-0.4, -0.2) is 28.0 Å². The number of nitrogens with one attached hydrogen (secondary N) is 1. The van der Waals surface area contributed by atoms with E-state index >= 15 is 0 Å². The third-order valence-electron chi connectivity index (χ3n) is 2.96. The number of aromatic nitrogens is 1. The molecule has 0 amide bonds. The Balaban J connectivity index is 1.94. The minimum atomic E-state index is -0.928. The maximum atomic E-state index is 12.1. The second-order valence-electron chi connectivity index (χ2n) is 4.38. The smallest absolute Gasteiger partial charge is 0.127 e. The summed E-state index contributed by atoms with van der Waals surface area (Å²) in [5.41, 5.74) is 1.11. The first kappa shape index (κ1) is 11.7. The lowest BCUT2D eigenvalue weighted by Crippen LogP contribution is -2.30. The minimum Gasteiger partial charge on any atom is -0.317 e. The van der Waals surface area contributed by atoms with Crippen LogP contribution in [0.1, 0.15) is 18.4 Å². The van der Waals surface area contributed by atoms with Crippen molar-refractivity contribution in [2.75, 3.05) is 18.8 Å². The summed E-state index contributed by atoms with van der Waals surface area (Å²) in [6.07, 6.45) is 4.06. The van der Waals surface area contributed by atoms with Crippen LogP contribution in [0.3, 0.4) is 0 Å². The van der Waals surface area contributed by atoms with Crippen LogP contribution in [0.4, 0.5) is 0 Å². The molecule has 1 aromatic heterocycles. The van der Waals surface area contributed by atoms with E-state index in [2.05, 4.69) is 10.3 Å². The summed E-state index contributed by atoms with van der Waals surface area (Å²) in [5.74, 6) is 1.35. The van der Waals surface area contributed by atoms with Crippen LogP contribution < -0.4 is 5.32 Å². The zero-order valence-electron chi connectivity index (χ0n) is 9.61. The van der Waals surface area contributed by atoms with Crippen molar-refractivity contribution in [2.24, 2.45) is 5.92 Å². The molecule has 2 heterocycles. The number of piperidine rings is 1. The Morgan fingerprint density at radius 3 is 2.81 bits per heavy atom. The highest BCUT2D eigenvalue weighted by Gasteiger charge is 2.17. The molecule has 88 valence electrons. The van der Waals surface area contributed by atoms with Crippen molar-refractivity contribution >= 4 is 10.8 Å². The summed E-state index contributed by atoms with van der Waals surface area (Å²) in [5, 5.41) is 4.05. The van der Waals surface area contributed by atoms with Crippen LogP contribution in [0.5, 0.6) is 0 Å². The quantitative estimate of drug-likeness (QED) is 0.867. The van der Waals surface area contributed by atoms with Crippen LogP contribution in [0.2, 0.25) is 0 Å². The lowest BCUT2D eigenvalue weighted by Gasteiger charge is -2.21. The van der Waals surface area contributed by atoms with E-state index in [0.717, 1.165) is 42.3 Å². The van der Waals surface area contributed by atoms with Gasteiger partial charge in [-0.1, -0.05) is 6.07 Å². The average Bonchev–Trinajstić information content (AvgIpc) is 2.31. The van der Waals surface area contributed by atoms with Gasteiger partial charge in [0.1, 0.15) is 5.03 Å². The SMILES string of the molecule is Cc1ccc(S(=O)CC2CCNCC2)nc1. The van der Waals surface area contributed by atoms with Crippen molar-refractivity contribution in [1.29, 1.82) is 0 Å². The molecule has 1 fully saturated rings. The van der Waals surface area contributed by atoms with Crippen molar-refractivity contribution in [3.05, 3.63) is 23.9 Å². The largest absolute Gasteiger partial charge is 0.317 e. The van der Waals surface area contributed by atoms with Gasteiger partial charge in [-0.3, -0.25) is 4.21 Å². The molecular weight excluding hydrogens is 220 g/mol. The van der Waals surface area contributed by atoms with Gasteiger partial charge in [0.15, 0.2) is 0 Å².